The van der Waals surface area contributed by atoms with Crippen molar-refractivity contribution in [3.8, 4) is 0 Å². The molecular weight excluding hydrogens is 478 g/mol. The number of nitrogens with one attached hydrogen (secondary N) is 2. The fourth-order valence-electron chi connectivity index (χ4n) is 5.13. The minimum Gasteiger partial charge on any atom is -0.383 e. The molecule has 1 fully saturated rings. The first-order chi connectivity index (χ1) is 18.3. The molecule has 4 N–H and O–H groups in total. The molecule has 2 heterocycles. The molecular formula is C30H39N5O3. The van der Waals surface area contributed by atoms with E-state index in [4.69, 9.17) is 10.5 Å². The Morgan fingerprint density at radius 3 is 2.55 bits per heavy atom. The van der Waals surface area contributed by atoms with Crippen LogP contribution < -0.4 is 16.4 Å². The molecule has 0 radical (unpaired) electrons. The number of ether oxygens (including phenoxy) is 1. The van der Waals surface area contributed by atoms with Gasteiger partial charge in [-0.1, -0.05) is 48.9 Å². The van der Waals surface area contributed by atoms with Crippen molar-refractivity contribution in [3.63, 3.8) is 0 Å². The quantitative estimate of drug-likeness (QED) is 0.378. The molecule has 0 saturated carbocycles. The summed E-state index contributed by atoms with van der Waals surface area (Å²) in [6.07, 6.45) is 4.46. The Kier molecular flexibility index (Phi) is 9.31. The van der Waals surface area contributed by atoms with Crippen molar-refractivity contribution < 1.29 is 14.3 Å². The lowest BCUT2D eigenvalue weighted by Crippen LogP contribution is -2.56. The van der Waals surface area contributed by atoms with Crippen molar-refractivity contribution in [2.24, 2.45) is 0 Å². The number of aromatic nitrogens is 1. The lowest BCUT2D eigenvalue weighted by atomic mass is 9.97. The van der Waals surface area contributed by atoms with Crippen molar-refractivity contribution in [3.05, 3.63) is 71.9 Å². The Morgan fingerprint density at radius 1 is 1.08 bits per heavy atom. The number of piperidine rings is 1. The normalized spacial score (nSPS) is 19.6. The number of likely N-dealkylation sites (tertiary alicyclic amines) is 1. The number of anilines is 1. The van der Waals surface area contributed by atoms with Gasteiger partial charge in [0, 0.05) is 30.2 Å². The number of nitrogen functional groups attached to an aromatic ring is 1. The summed E-state index contributed by atoms with van der Waals surface area (Å²) in [7, 11) is 0. The van der Waals surface area contributed by atoms with E-state index in [-0.39, 0.29) is 18.4 Å². The van der Waals surface area contributed by atoms with Gasteiger partial charge in [0.15, 0.2) is 0 Å². The van der Waals surface area contributed by atoms with Crippen LogP contribution in [0.2, 0.25) is 0 Å². The number of carbonyl (C=O) groups excluding carboxylic acids is 2. The average molecular weight is 518 g/mol. The summed E-state index contributed by atoms with van der Waals surface area (Å²) in [5.74, 6) is 0.0187. The average Bonchev–Trinajstić information content (AvgIpc) is 2.92. The summed E-state index contributed by atoms with van der Waals surface area (Å²) in [4.78, 5) is 32.9. The van der Waals surface area contributed by atoms with Crippen molar-refractivity contribution in [1.29, 1.82) is 0 Å². The zero-order chi connectivity index (χ0) is 27.1. The molecule has 38 heavy (non-hydrogen) atoms. The van der Waals surface area contributed by atoms with Gasteiger partial charge in [0.05, 0.1) is 19.3 Å². The highest BCUT2D eigenvalue weighted by molar-refractivity contribution is 5.91. The second-order valence-electron chi connectivity index (χ2n) is 10.3. The number of rotatable bonds is 10. The number of pyridine rings is 1. The fraction of sp³-hybridized carbons (Fsp3) is 0.433. The highest BCUT2D eigenvalue weighted by Gasteiger charge is 2.31. The second kappa shape index (κ2) is 12.8. The fourth-order valence-corrected chi connectivity index (χ4v) is 5.13. The predicted octanol–water partition coefficient (Wildman–Crippen LogP) is 3.79. The van der Waals surface area contributed by atoms with E-state index in [1.165, 1.54) is 6.42 Å². The SMILES string of the molecule is CC(OCc1ccccc1)[C@H](NC(=O)CN1[C@H](C)CCC[C@@H]1C)C(=O)NCc1ccc2c(N)nccc2c1. The van der Waals surface area contributed by atoms with E-state index in [9.17, 15) is 9.59 Å². The van der Waals surface area contributed by atoms with E-state index in [0.29, 0.717) is 31.1 Å². The number of hydrogen-bond donors (Lipinski definition) is 3. The molecule has 8 nitrogen and oxygen atoms in total. The maximum Gasteiger partial charge on any atom is 0.245 e. The predicted molar refractivity (Wildman–Crippen MR) is 150 cm³/mol. The van der Waals surface area contributed by atoms with Gasteiger partial charge >= 0.3 is 0 Å². The number of benzene rings is 2. The molecule has 8 heteroatoms. The van der Waals surface area contributed by atoms with Crippen LogP contribution in [0.15, 0.2) is 60.8 Å². The van der Waals surface area contributed by atoms with E-state index in [0.717, 1.165) is 34.7 Å². The molecule has 1 aromatic heterocycles. The molecule has 1 aliphatic rings. The highest BCUT2D eigenvalue weighted by atomic mass is 16.5. The highest BCUT2D eigenvalue weighted by Crippen LogP contribution is 2.22. The van der Waals surface area contributed by atoms with Gasteiger partial charge in [0.25, 0.3) is 0 Å². The molecule has 2 amide bonds. The molecule has 0 aliphatic carbocycles. The summed E-state index contributed by atoms with van der Waals surface area (Å²) in [5.41, 5.74) is 7.90. The van der Waals surface area contributed by atoms with Crippen molar-refractivity contribution >= 4 is 28.4 Å². The number of nitrogens with two attached hydrogens (primary N) is 1. The third-order valence-electron chi connectivity index (χ3n) is 7.45. The van der Waals surface area contributed by atoms with Gasteiger partial charge in [-0.3, -0.25) is 14.5 Å². The Labute approximate surface area is 224 Å². The Bertz CT molecular complexity index is 1230. The van der Waals surface area contributed by atoms with Gasteiger partial charge in [-0.05, 0) is 62.3 Å². The smallest absolute Gasteiger partial charge is 0.245 e. The monoisotopic (exact) mass is 517 g/mol. The number of amides is 2. The summed E-state index contributed by atoms with van der Waals surface area (Å²) in [5, 5.41) is 7.79. The summed E-state index contributed by atoms with van der Waals surface area (Å²) >= 11 is 0. The Morgan fingerprint density at radius 2 is 1.82 bits per heavy atom. The van der Waals surface area contributed by atoms with Gasteiger partial charge in [0.2, 0.25) is 11.8 Å². The third kappa shape index (κ3) is 7.08. The van der Waals surface area contributed by atoms with Gasteiger partial charge in [-0.2, -0.15) is 0 Å². The Balaban J connectivity index is 1.43. The lowest BCUT2D eigenvalue weighted by molar-refractivity contribution is -0.134. The Hall–Kier alpha value is -3.49. The van der Waals surface area contributed by atoms with Crippen LogP contribution in [0.1, 0.15) is 51.2 Å². The molecule has 1 saturated heterocycles. The van der Waals surface area contributed by atoms with Gasteiger partial charge in [-0.25, -0.2) is 4.98 Å². The summed E-state index contributed by atoms with van der Waals surface area (Å²) in [6, 6.07) is 17.3. The van der Waals surface area contributed by atoms with E-state index in [1.54, 1.807) is 6.20 Å². The number of fused-ring (bicyclic) bond motifs is 1. The van der Waals surface area contributed by atoms with Crippen molar-refractivity contribution in [1.82, 2.24) is 20.5 Å². The molecule has 2 aromatic carbocycles. The van der Waals surface area contributed by atoms with E-state index >= 15 is 0 Å². The maximum atomic E-state index is 13.4. The molecule has 1 aliphatic heterocycles. The lowest BCUT2D eigenvalue weighted by Gasteiger charge is -2.38. The largest absolute Gasteiger partial charge is 0.383 e. The minimum atomic E-state index is -0.832. The zero-order valence-corrected chi connectivity index (χ0v) is 22.5. The van der Waals surface area contributed by atoms with Crippen LogP contribution in [0.5, 0.6) is 0 Å². The topological polar surface area (TPSA) is 110 Å². The van der Waals surface area contributed by atoms with Crippen LogP contribution in [0.3, 0.4) is 0 Å². The molecule has 3 aromatic rings. The zero-order valence-electron chi connectivity index (χ0n) is 22.5. The molecule has 202 valence electrons. The molecule has 0 bridgehead atoms. The molecule has 1 unspecified atom stereocenters. The van der Waals surface area contributed by atoms with Gasteiger partial charge < -0.3 is 21.1 Å². The standard InChI is InChI=1S/C30H39N5O3/c1-20-8-7-9-21(2)35(20)18-27(36)34-28(22(3)38-19-23-10-5-4-6-11-23)30(37)33-17-24-12-13-26-25(16-24)14-15-32-29(26)31/h4-6,10-16,20-22,28H,7-9,17-19H2,1-3H3,(H2,31,32)(H,33,37)(H,34,36)/t20-,21+,22?,28-/m0/s1. The summed E-state index contributed by atoms with van der Waals surface area (Å²) < 4.78 is 6.06. The van der Waals surface area contributed by atoms with E-state index in [1.807, 2.05) is 61.5 Å². The van der Waals surface area contributed by atoms with Crippen LogP contribution in [0.4, 0.5) is 5.82 Å². The van der Waals surface area contributed by atoms with E-state index in [2.05, 4.69) is 34.4 Å². The third-order valence-corrected chi connectivity index (χ3v) is 7.45. The van der Waals surface area contributed by atoms with Crippen LogP contribution in [0.25, 0.3) is 10.8 Å². The van der Waals surface area contributed by atoms with Crippen molar-refractivity contribution in [2.45, 2.75) is 77.4 Å². The van der Waals surface area contributed by atoms with Crippen LogP contribution in [-0.4, -0.2) is 52.5 Å². The first-order valence-electron chi connectivity index (χ1n) is 13.4. The minimum absolute atomic E-state index is 0.172. The first-order valence-corrected chi connectivity index (χ1v) is 13.4. The summed E-state index contributed by atoms with van der Waals surface area (Å²) in [6.45, 7) is 7.07. The van der Waals surface area contributed by atoms with Gasteiger partial charge in [-0.15, -0.1) is 0 Å². The number of hydrogen-bond acceptors (Lipinski definition) is 6. The van der Waals surface area contributed by atoms with Crippen molar-refractivity contribution in [2.75, 3.05) is 12.3 Å². The first kappa shape index (κ1) is 27.5. The van der Waals surface area contributed by atoms with Crippen LogP contribution >= 0.6 is 0 Å². The number of carbonyl (C=O) groups is 2. The second-order valence-corrected chi connectivity index (χ2v) is 10.3. The van der Waals surface area contributed by atoms with Crippen LogP contribution in [0, 0.1) is 0 Å². The van der Waals surface area contributed by atoms with E-state index < -0.39 is 12.1 Å². The van der Waals surface area contributed by atoms with Gasteiger partial charge in [0.1, 0.15) is 11.9 Å². The van der Waals surface area contributed by atoms with Crippen LogP contribution in [-0.2, 0) is 27.5 Å². The number of nitrogens with zero attached hydrogens (tertiary/aromatic N) is 2. The molecule has 4 atom stereocenters. The maximum absolute atomic E-state index is 13.4. The molecule has 4 rings (SSSR count). The molecule has 0 spiro atoms.